The van der Waals surface area contributed by atoms with Crippen LogP contribution in [0.2, 0.25) is 0 Å². The number of carbonyl (C=O) groups excluding carboxylic acids is 1. The average molecular weight is 294 g/mol. The summed E-state index contributed by atoms with van der Waals surface area (Å²) in [7, 11) is 0. The minimum Gasteiger partial charge on any atom is -0.444 e. The second kappa shape index (κ2) is 6.43. The van der Waals surface area contributed by atoms with Crippen LogP contribution in [0.1, 0.15) is 32.4 Å². The summed E-state index contributed by atoms with van der Waals surface area (Å²) in [6.45, 7) is 5.70. The number of ether oxygens (including phenoxy) is 1. The molecule has 1 aliphatic heterocycles. The van der Waals surface area contributed by atoms with Crippen LogP contribution >= 0.6 is 0 Å². The van der Waals surface area contributed by atoms with Crippen molar-refractivity contribution in [1.29, 1.82) is 0 Å². The Morgan fingerprint density at radius 2 is 2.05 bits per heavy atom. The molecule has 1 aromatic carbocycles. The Morgan fingerprint density at radius 1 is 1.38 bits per heavy atom. The van der Waals surface area contributed by atoms with E-state index in [1.165, 1.54) is 4.90 Å². The monoisotopic (exact) mass is 294 g/mol. The van der Waals surface area contributed by atoms with E-state index >= 15 is 0 Å². The highest BCUT2D eigenvalue weighted by molar-refractivity contribution is 5.69. The van der Waals surface area contributed by atoms with Gasteiger partial charge in [-0.1, -0.05) is 30.3 Å². The van der Waals surface area contributed by atoms with Gasteiger partial charge in [0, 0.05) is 13.1 Å². The van der Waals surface area contributed by atoms with E-state index in [1.807, 2.05) is 51.1 Å². The second-order valence-corrected chi connectivity index (χ2v) is 6.31. The van der Waals surface area contributed by atoms with E-state index in [1.54, 1.807) is 0 Å². The van der Waals surface area contributed by atoms with E-state index < -0.39 is 24.4 Å². The van der Waals surface area contributed by atoms with Crippen molar-refractivity contribution < 1.29 is 13.9 Å². The highest BCUT2D eigenvalue weighted by Gasteiger charge is 2.34. The van der Waals surface area contributed by atoms with Crippen LogP contribution < -0.4 is 5.32 Å². The Balaban J connectivity index is 2.11. The summed E-state index contributed by atoms with van der Waals surface area (Å²) in [6.07, 6.45) is -0.451. The standard InChI is InChI=1S/C16H23FN2O2/c1-16(2,3)21-15(20)19-11-14(18-10-13(19)9-17)12-7-5-4-6-8-12/h4-8,13-14,18H,9-11H2,1-3H3. The largest absolute Gasteiger partial charge is 0.444 e. The Bertz CT molecular complexity index is 473. The van der Waals surface area contributed by atoms with Gasteiger partial charge < -0.3 is 10.1 Å². The number of nitrogens with zero attached hydrogens (tertiary/aromatic N) is 1. The zero-order valence-electron chi connectivity index (χ0n) is 12.8. The molecule has 1 aromatic rings. The van der Waals surface area contributed by atoms with Crippen LogP contribution in [0.4, 0.5) is 9.18 Å². The molecule has 0 aliphatic carbocycles. The molecule has 1 heterocycles. The van der Waals surface area contributed by atoms with Gasteiger partial charge in [-0.3, -0.25) is 4.90 Å². The average Bonchev–Trinajstić information content (AvgIpc) is 2.45. The van der Waals surface area contributed by atoms with Crippen molar-refractivity contribution >= 4 is 6.09 Å². The molecule has 0 saturated carbocycles. The Kier molecular flexibility index (Phi) is 4.83. The van der Waals surface area contributed by atoms with Crippen molar-refractivity contribution in [3.63, 3.8) is 0 Å². The lowest BCUT2D eigenvalue weighted by Gasteiger charge is -2.39. The lowest BCUT2D eigenvalue weighted by Crippen LogP contribution is -2.56. The predicted molar refractivity (Wildman–Crippen MR) is 79.9 cm³/mol. The van der Waals surface area contributed by atoms with Gasteiger partial charge in [-0.2, -0.15) is 0 Å². The predicted octanol–water partition coefficient (Wildman–Crippen LogP) is 2.91. The maximum Gasteiger partial charge on any atom is 0.410 e. The van der Waals surface area contributed by atoms with Crippen LogP contribution in [0.15, 0.2) is 30.3 Å². The molecule has 0 radical (unpaired) electrons. The first-order chi connectivity index (χ1) is 9.90. The minimum atomic E-state index is -0.578. The molecule has 1 fully saturated rings. The maximum atomic E-state index is 13.2. The van der Waals surface area contributed by atoms with E-state index in [4.69, 9.17) is 4.74 Å². The SMILES string of the molecule is CC(C)(C)OC(=O)N1CC(c2ccccc2)NCC1CF. The van der Waals surface area contributed by atoms with Gasteiger partial charge in [0.1, 0.15) is 12.3 Å². The zero-order chi connectivity index (χ0) is 15.5. The number of rotatable bonds is 2. The van der Waals surface area contributed by atoms with Gasteiger partial charge in [0.25, 0.3) is 0 Å². The number of carbonyl (C=O) groups is 1. The van der Waals surface area contributed by atoms with Crippen LogP contribution in [0, 0.1) is 0 Å². The molecule has 0 aromatic heterocycles. The summed E-state index contributed by atoms with van der Waals surface area (Å²) in [5.41, 5.74) is 0.508. The van der Waals surface area contributed by atoms with E-state index in [2.05, 4.69) is 5.32 Å². The molecule has 1 N–H and O–H groups in total. The molecule has 2 unspecified atom stereocenters. The van der Waals surface area contributed by atoms with Crippen molar-refractivity contribution in [2.75, 3.05) is 19.8 Å². The molecular formula is C16H23FN2O2. The van der Waals surface area contributed by atoms with Crippen LogP contribution in [-0.2, 0) is 4.74 Å². The van der Waals surface area contributed by atoms with Gasteiger partial charge in [-0.15, -0.1) is 0 Å². The number of halogens is 1. The second-order valence-electron chi connectivity index (χ2n) is 6.31. The summed E-state index contributed by atoms with van der Waals surface area (Å²) in [5.74, 6) is 0. The van der Waals surface area contributed by atoms with E-state index in [0.29, 0.717) is 13.1 Å². The van der Waals surface area contributed by atoms with E-state index in [-0.39, 0.29) is 6.04 Å². The topological polar surface area (TPSA) is 41.6 Å². The highest BCUT2D eigenvalue weighted by atomic mass is 19.1. The molecule has 0 bridgehead atoms. The molecule has 21 heavy (non-hydrogen) atoms. The van der Waals surface area contributed by atoms with Gasteiger partial charge in [-0.25, -0.2) is 9.18 Å². The fourth-order valence-corrected chi connectivity index (χ4v) is 2.39. The number of amides is 1. The van der Waals surface area contributed by atoms with Crippen LogP contribution in [0.3, 0.4) is 0 Å². The van der Waals surface area contributed by atoms with Gasteiger partial charge in [-0.05, 0) is 26.3 Å². The summed E-state index contributed by atoms with van der Waals surface area (Å²) >= 11 is 0. The van der Waals surface area contributed by atoms with E-state index in [0.717, 1.165) is 5.56 Å². The first kappa shape index (κ1) is 15.8. The van der Waals surface area contributed by atoms with Crippen molar-refractivity contribution in [3.05, 3.63) is 35.9 Å². The molecule has 1 aliphatic rings. The molecule has 1 amide bonds. The quantitative estimate of drug-likeness (QED) is 0.912. The number of hydrogen-bond donors (Lipinski definition) is 1. The normalized spacial score (nSPS) is 23.0. The Labute approximate surface area is 125 Å². The molecule has 2 rings (SSSR count). The summed E-state index contributed by atoms with van der Waals surface area (Å²) in [6, 6.07) is 9.39. The Morgan fingerprint density at radius 3 is 2.62 bits per heavy atom. The zero-order valence-corrected chi connectivity index (χ0v) is 12.8. The fraction of sp³-hybridized carbons (Fsp3) is 0.562. The maximum absolute atomic E-state index is 13.2. The minimum absolute atomic E-state index is 0.00141. The number of hydrogen-bond acceptors (Lipinski definition) is 3. The molecule has 5 heteroatoms. The third-order valence-electron chi connectivity index (χ3n) is 3.43. The number of nitrogens with one attached hydrogen (secondary N) is 1. The summed E-state index contributed by atoms with van der Waals surface area (Å²) < 4.78 is 18.5. The Hall–Kier alpha value is -1.62. The van der Waals surface area contributed by atoms with Gasteiger partial charge in [0.15, 0.2) is 0 Å². The van der Waals surface area contributed by atoms with Gasteiger partial charge in [0.05, 0.1) is 12.1 Å². The summed E-state index contributed by atoms with van der Waals surface area (Å²) in [4.78, 5) is 13.8. The number of alkyl halides is 1. The van der Waals surface area contributed by atoms with Crippen LogP contribution in [0.25, 0.3) is 0 Å². The van der Waals surface area contributed by atoms with Gasteiger partial charge >= 0.3 is 6.09 Å². The molecule has 1 saturated heterocycles. The number of piperazine rings is 1. The molecule has 2 atom stereocenters. The molecule has 116 valence electrons. The van der Waals surface area contributed by atoms with Crippen LogP contribution in [-0.4, -0.2) is 42.4 Å². The van der Waals surface area contributed by atoms with Crippen molar-refractivity contribution in [2.24, 2.45) is 0 Å². The molecule has 0 spiro atoms. The lowest BCUT2D eigenvalue weighted by atomic mass is 10.0. The number of benzene rings is 1. The molecular weight excluding hydrogens is 271 g/mol. The van der Waals surface area contributed by atoms with Crippen LogP contribution in [0.5, 0.6) is 0 Å². The highest BCUT2D eigenvalue weighted by Crippen LogP contribution is 2.22. The molecule has 4 nitrogen and oxygen atoms in total. The lowest BCUT2D eigenvalue weighted by molar-refractivity contribution is 0.00423. The van der Waals surface area contributed by atoms with Crippen molar-refractivity contribution in [3.8, 4) is 0 Å². The van der Waals surface area contributed by atoms with E-state index in [9.17, 15) is 9.18 Å². The summed E-state index contributed by atoms with van der Waals surface area (Å²) in [5, 5.41) is 3.29. The van der Waals surface area contributed by atoms with Crippen molar-refractivity contribution in [1.82, 2.24) is 10.2 Å². The smallest absolute Gasteiger partial charge is 0.410 e. The first-order valence-electron chi connectivity index (χ1n) is 7.24. The van der Waals surface area contributed by atoms with Crippen molar-refractivity contribution in [2.45, 2.75) is 38.5 Å². The fourth-order valence-electron chi connectivity index (χ4n) is 2.39. The first-order valence-corrected chi connectivity index (χ1v) is 7.24. The van der Waals surface area contributed by atoms with Gasteiger partial charge in [0.2, 0.25) is 0 Å². The third kappa shape index (κ3) is 4.17. The third-order valence-corrected chi connectivity index (χ3v) is 3.43.